The lowest BCUT2D eigenvalue weighted by Crippen LogP contribution is -2.36. The lowest BCUT2D eigenvalue weighted by atomic mass is 10.0. The van der Waals surface area contributed by atoms with Gasteiger partial charge in [0, 0.05) is 24.3 Å². The molecule has 0 fully saturated rings. The molecule has 36 heavy (non-hydrogen) atoms. The van der Waals surface area contributed by atoms with Crippen molar-refractivity contribution in [2.24, 2.45) is 0 Å². The maximum Gasteiger partial charge on any atom is 0.256 e. The molecule has 0 atom stereocenters. The molecule has 1 amide bonds. The zero-order valence-electron chi connectivity index (χ0n) is 20.4. The molecule has 6 rings (SSSR count). The number of carbonyl (C=O) groups is 1. The van der Waals surface area contributed by atoms with Crippen LogP contribution in [0, 0.1) is 13.8 Å². The van der Waals surface area contributed by atoms with E-state index in [1.54, 1.807) is 0 Å². The highest BCUT2D eigenvalue weighted by molar-refractivity contribution is 5.99. The summed E-state index contributed by atoms with van der Waals surface area (Å²) in [5.41, 5.74) is 10.0. The first-order chi connectivity index (χ1) is 17.6. The molecule has 3 N–H and O–H groups in total. The number of hydrogen-bond acceptors (Lipinski definition) is 4. The second-order valence-corrected chi connectivity index (χ2v) is 9.42. The zero-order chi connectivity index (χ0) is 24.6. The minimum Gasteiger partial charge on any atom is -0.380 e. The fourth-order valence-corrected chi connectivity index (χ4v) is 4.85. The molecular weight excluding hydrogens is 448 g/mol. The van der Waals surface area contributed by atoms with Crippen LogP contribution in [0.2, 0.25) is 0 Å². The normalized spacial score (nSPS) is 13.1. The number of imidazole rings is 1. The predicted molar refractivity (Wildman–Crippen MR) is 142 cm³/mol. The van der Waals surface area contributed by atoms with Crippen LogP contribution in [0.3, 0.4) is 0 Å². The van der Waals surface area contributed by atoms with Crippen molar-refractivity contribution in [1.82, 2.24) is 25.1 Å². The van der Waals surface area contributed by atoms with Crippen LogP contribution in [0.4, 0.5) is 5.69 Å². The van der Waals surface area contributed by atoms with Gasteiger partial charge in [0.25, 0.3) is 5.91 Å². The van der Waals surface area contributed by atoms with Gasteiger partial charge in [-0.1, -0.05) is 42.5 Å². The number of hydrogen-bond donors (Lipinski definition) is 3. The Morgan fingerprint density at radius 3 is 2.67 bits per heavy atom. The van der Waals surface area contributed by atoms with Gasteiger partial charge in [-0.15, -0.1) is 0 Å². The molecular formula is C29H28N6O. The first-order valence-electron chi connectivity index (χ1n) is 12.3. The second-order valence-electron chi connectivity index (χ2n) is 9.42. The van der Waals surface area contributed by atoms with Crippen molar-refractivity contribution in [2.45, 2.75) is 33.4 Å². The van der Waals surface area contributed by atoms with E-state index in [9.17, 15) is 4.79 Å². The van der Waals surface area contributed by atoms with Gasteiger partial charge in [0.05, 0.1) is 28.8 Å². The van der Waals surface area contributed by atoms with Crippen molar-refractivity contribution < 1.29 is 4.79 Å². The minimum atomic E-state index is 0.0102. The highest BCUT2D eigenvalue weighted by atomic mass is 16.2. The Bertz CT molecular complexity index is 1530. The van der Waals surface area contributed by atoms with Crippen molar-refractivity contribution in [3.63, 3.8) is 0 Å². The Morgan fingerprint density at radius 1 is 1.03 bits per heavy atom. The van der Waals surface area contributed by atoms with Gasteiger partial charge in [-0.2, -0.15) is 5.10 Å². The molecule has 2 aromatic heterocycles. The Morgan fingerprint density at radius 2 is 1.81 bits per heavy atom. The number of para-hydroxylation sites is 1. The molecule has 3 aromatic carbocycles. The van der Waals surface area contributed by atoms with E-state index in [0.29, 0.717) is 25.2 Å². The molecule has 180 valence electrons. The number of fused-ring (bicyclic) bond motifs is 2. The van der Waals surface area contributed by atoms with Crippen LogP contribution in [0.25, 0.3) is 22.6 Å². The molecule has 0 radical (unpaired) electrons. The zero-order valence-corrected chi connectivity index (χ0v) is 20.4. The van der Waals surface area contributed by atoms with Crippen molar-refractivity contribution >= 4 is 22.6 Å². The summed E-state index contributed by atoms with van der Waals surface area (Å²) in [7, 11) is 0. The molecule has 3 heterocycles. The van der Waals surface area contributed by atoms with E-state index in [1.165, 1.54) is 16.7 Å². The summed E-state index contributed by atoms with van der Waals surface area (Å²) >= 11 is 0. The van der Waals surface area contributed by atoms with E-state index in [0.717, 1.165) is 45.9 Å². The van der Waals surface area contributed by atoms with Gasteiger partial charge in [-0.05, 0) is 61.2 Å². The lowest BCUT2D eigenvalue weighted by Gasteiger charge is -2.27. The number of aryl methyl sites for hydroxylation is 2. The average Bonchev–Trinajstić information content (AvgIpc) is 3.51. The fourth-order valence-electron chi connectivity index (χ4n) is 4.85. The average molecular weight is 477 g/mol. The van der Waals surface area contributed by atoms with Gasteiger partial charge < -0.3 is 15.2 Å². The van der Waals surface area contributed by atoms with Gasteiger partial charge in [0.1, 0.15) is 5.69 Å². The highest BCUT2D eigenvalue weighted by Gasteiger charge is 2.28. The van der Waals surface area contributed by atoms with Crippen LogP contribution in [0.1, 0.15) is 38.3 Å². The van der Waals surface area contributed by atoms with Crippen molar-refractivity contribution in [2.75, 3.05) is 11.9 Å². The predicted octanol–water partition coefficient (Wildman–Crippen LogP) is 5.38. The van der Waals surface area contributed by atoms with E-state index in [1.807, 2.05) is 47.4 Å². The molecule has 0 saturated heterocycles. The first kappa shape index (κ1) is 22.1. The van der Waals surface area contributed by atoms with Gasteiger partial charge >= 0.3 is 0 Å². The lowest BCUT2D eigenvalue weighted by molar-refractivity contribution is 0.0733. The molecule has 0 spiro atoms. The van der Waals surface area contributed by atoms with Crippen LogP contribution in [-0.2, 0) is 19.5 Å². The molecule has 0 saturated carbocycles. The monoisotopic (exact) mass is 476 g/mol. The summed E-state index contributed by atoms with van der Waals surface area (Å²) in [5.74, 6) is 0.801. The van der Waals surface area contributed by atoms with Crippen LogP contribution in [0.15, 0.2) is 66.7 Å². The van der Waals surface area contributed by atoms with Crippen LogP contribution in [-0.4, -0.2) is 37.5 Å². The number of carbonyl (C=O) groups excluding carboxylic acids is 1. The van der Waals surface area contributed by atoms with Crippen LogP contribution in [0.5, 0.6) is 0 Å². The largest absolute Gasteiger partial charge is 0.380 e. The number of aromatic nitrogens is 4. The van der Waals surface area contributed by atoms with Gasteiger partial charge in [0.15, 0.2) is 5.82 Å². The SMILES string of the molecule is Cc1cc2nc(-c3[nH]nc4c3CCN(C(=O)c3ccccc3NCc3ccccc3)C4)[nH]c2cc1C. The number of H-pyrrole nitrogens is 2. The van der Waals surface area contributed by atoms with E-state index in [2.05, 4.69) is 58.6 Å². The second kappa shape index (κ2) is 9.00. The Hall–Kier alpha value is -4.39. The third-order valence-corrected chi connectivity index (χ3v) is 7.03. The topological polar surface area (TPSA) is 89.7 Å². The minimum absolute atomic E-state index is 0.0102. The number of aromatic amines is 2. The highest BCUT2D eigenvalue weighted by Crippen LogP contribution is 2.30. The maximum atomic E-state index is 13.5. The van der Waals surface area contributed by atoms with Crippen LogP contribution < -0.4 is 5.32 Å². The molecule has 0 unspecified atom stereocenters. The van der Waals surface area contributed by atoms with Gasteiger partial charge in [-0.3, -0.25) is 9.89 Å². The van der Waals surface area contributed by atoms with Gasteiger partial charge in [-0.25, -0.2) is 4.98 Å². The molecule has 0 bridgehead atoms. The number of benzene rings is 3. The Labute approximate surface area is 209 Å². The number of rotatable bonds is 5. The number of nitrogens with one attached hydrogen (secondary N) is 3. The molecule has 7 nitrogen and oxygen atoms in total. The summed E-state index contributed by atoms with van der Waals surface area (Å²) in [6.45, 7) is 5.96. The quantitative estimate of drug-likeness (QED) is 0.318. The maximum absolute atomic E-state index is 13.5. The Balaban J connectivity index is 1.22. The molecule has 1 aliphatic heterocycles. The fraction of sp³-hybridized carbons (Fsp3) is 0.207. The number of anilines is 1. The standard InChI is InChI=1S/C29H28N6O/c1-18-14-24-25(15-19(18)2)32-28(31-24)27-21-12-13-35(17-26(21)33-34-27)29(36)22-10-6-7-11-23(22)30-16-20-8-4-3-5-9-20/h3-11,14-15,30H,12-13,16-17H2,1-2H3,(H,31,32)(H,33,34). The molecule has 5 aromatic rings. The van der Waals surface area contributed by atoms with Crippen molar-refractivity contribution in [3.05, 3.63) is 100 Å². The number of nitrogens with zero attached hydrogens (tertiary/aromatic N) is 3. The van der Waals surface area contributed by atoms with E-state index in [-0.39, 0.29) is 5.91 Å². The summed E-state index contributed by atoms with van der Waals surface area (Å²) in [6, 6.07) is 22.1. The van der Waals surface area contributed by atoms with E-state index >= 15 is 0 Å². The first-order valence-corrected chi connectivity index (χ1v) is 12.3. The van der Waals surface area contributed by atoms with Crippen molar-refractivity contribution in [1.29, 1.82) is 0 Å². The third kappa shape index (κ3) is 4.02. The van der Waals surface area contributed by atoms with E-state index in [4.69, 9.17) is 4.98 Å². The van der Waals surface area contributed by atoms with E-state index < -0.39 is 0 Å². The summed E-state index contributed by atoms with van der Waals surface area (Å²) < 4.78 is 0. The number of amides is 1. The third-order valence-electron chi connectivity index (χ3n) is 7.03. The molecule has 1 aliphatic rings. The summed E-state index contributed by atoms with van der Waals surface area (Å²) in [4.78, 5) is 23.7. The van der Waals surface area contributed by atoms with Crippen molar-refractivity contribution in [3.8, 4) is 11.5 Å². The van der Waals surface area contributed by atoms with Gasteiger partial charge in [0.2, 0.25) is 0 Å². The summed E-state index contributed by atoms with van der Waals surface area (Å²) in [6.07, 6.45) is 0.724. The smallest absolute Gasteiger partial charge is 0.256 e. The summed E-state index contributed by atoms with van der Waals surface area (Å²) in [5, 5.41) is 11.2. The Kier molecular flexibility index (Phi) is 5.52. The molecule has 0 aliphatic carbocycles. The molecule has 7 heteroatoms. The van der Waals surface area contributed by atoms with Crippen LogP contribution >= 0.6 is 0 Å².